The summed E-state index contributed by atoms with van der Waals surface area (Å²) in [6, 6.07) is 2.00. The molecule has 1 rings (SSSR count). The molecule has 0 aliphatic heterocycles. The summed E-state index contributed by atoms with van der Waals surface area (Å²) >= 11 is 1.66. The van der Waals surface area contributed by atoms with Gasteiger partial charge in [0.2, 0.25) is 0 Å². The van der Waals surface area contributed by atoms with Gasteiger partial charge in [-0.15, -0.1) is 0 Å². The molecule has 54 valence electrons. The Kier molecular flexibility index (Phi) is 2.27. The van der Waals surface area contributed by atoms with Crippen LogP contribution in [0.4, 0.5) is 0 Å². The zero-order chi connectivity index (χ0) is 7.56. The van der Waals surface area contributed by atoms with Crippen molar-refractivity contribution in [3.05, 3.63) is 18.0 Å². The minimum absolute atomic E-state index is 1.06. The molecule has 0 amide bonds. The minimum Gasteiger partial charge on any atom is -0.225 e. The molecule has 2 nitrogen and oxygen atoms in total. The lowest BCUT2D eigenvalue weighted by Gasteiger charge is -1.96. The normalized spacial score (nSPS) is 9.90. The third kappa shape index (κ3) is 1.29. The standard InChI is InChI=1S/C7H11N2S/c1-6-4-5-8-7(10-3)9(6)2/h4-5H,1-3H3/q+1. The SMILES string of the molecule is CSc1nccc(C)[n+]1C. The number of aromatic nitrogens is 2. The van der Waals surface area contributed by atoms with Gasteiger partial charge in [-0.05, 0) is 29.9 Å². The second-order valence-electron chi connectivity index (χ2n) is 2.13. The van der Waals surface area contributed by atoms with Crippen molar-refractivity contribution in [1.82, 2.24) is 4.98 Å². The van der Waals surface area contributed by atoms with Crippen molar-refractivity contribution in [3.8, 4) is 0 Å². The van der Waals surface area contributed by atoms with Crippen molar-refractivity contribution in [2.75, 3.05) is 6.26 Å². The van der Waals surface area contributed by atoms with Crippen LogP contribution < -0.4 is 4.57 Å². The summed E-state index contributed by atoms with van der Waals surface area (Å²) in [7, 11) is 2.02. The van der Waals surface area contributed by atoms with E-state index in [-0.39, 0.29) is 0 Å². The Labute approximate surface area is 65.3 Å². The number of rotatable bonds is 1. The first kappa shape index (κ1) is 7.54. The first-order valence-corrected chi connectivity index (χ1v) is 4.34. The van der Waals surface area contributed by atoms with Gasteiger partial charge in [0.05, 0.1) is 7.05 Å². The highest BCUT2D eigenvalue weighted by atomic mass is 32.2. The molecule has 0 bridgehead atoms. The molecule has 0 aliphatic rings. The van der Waals surface area contributed by atoms with Crippen LogP contribution in [0, 0.1) is 6.92 Å². The summed E-state index contributed by atoms with van der Waals surface area (Å²) in [5.41, 5.74) is 1.24. The molecule has 0 aromatic carbocycles. The fourth-order valence-electron chi connectivity index (χ4n) is 0.748. The largest absolute Gasteiger partial charge is 0.358 e. The van der Waals surface area contributed by atoms with Gasteiger partial charge in [0.1, 0.15) is 11.9 Å². The van der Waals surface area contributed by atoms with Crippen LogP contribution in [0.5, 0.6) is 0 Å². The lowest BCUT2D eigenvalue weighted by molar-refractivity contribution is -0.719. The summed E-state index contributed by atoms with van der Waals surface area (Å²) in [6.07, 6.45) is 3.86. The number of aryl methyl sites for hydroxylation is 1. The molecule has 10 heavy (non-hydrogen) atoms. The second-order valence-corrected chi connectivity index (χ2v) is 2.91. The fraction of sp³-hybridized carbons (Fsp3) is 0.429. The Morgan fingerprint density at radius 3 is 2.80 bits per heavy atom. The highest BCUT2D eigenvalue weighted by Crippen LogP contribution is 2.03. The van der Waals surface area contributed by atoms with Gasteiger partial charge in [0.25, 0.3) is 0 Å². The summed E-state index contributed by atoms with van der Waals surface area (Å²) in [4.78, 5) is 4.18. The molecular formula is C7H11N2S+. The topological polar surface area (TPSA) is 16.8 Å². The smallest absolute Gasteiger partial charge is 0.225 e. The maximum absolute atomic E-state index is 4.18. The van der Waals surface area contributed by atoms with Gasteiger partial charge in [-0.1, -0.05) is 0 Å². The molecule has 0 saturated heterocycles. The molecule has 0 radical (unpaired) electrons. The van der Waals surface area contributed by atoms with Gasteiger partial charge in [0, 0.05) is 6.07 Å². The van der Waals surface area contributed by atoms with Crippen LogP contribution >= 0.6 is 11.8 Å². The highest BCUT2D eigenvalue weighted by Gasteiger charge is 2.06. The Hall–Kier alpha value is -0.570. The molecule has 0 fully saturated rings. The van der Waals surface area contributed by atoms with E-state index in [1.165, 1.54) is 5.69 Å². The Morgan fingerprint density at radius 1 is 1.60 bits per heavy atom. The van der Waals surface area contributed by atoms with E-state index >= 15 is 0 Å². The predicted octanol–water partition coefficient (Wildman–Crippen LogP) is 0.936. The van der Waals surface area contributed by atoms with Crippen molar-refractivity contribution < 1.29 is 4.57 Å². The van der Waals surface area contributed by atoms with Crippen LogP contribution in [0.3, 0.4) is 0 Å². The van der Waals surface area contributed by atoms with Crippen LogP contribution in [-0.4, -0.2) is 11.2 Å². The molecule has 1 aromatic heterocycles. The number of nitrogens with zero attached hydrogens (tertiary/aromatic N) is 2. The Balaban J connectivity index is 3.14. The van der Waals surface area contributed by atoms with Crippen LogP contribution in [0.15, 0.2) is 17.4 Å². The molecular weight excluding hydrogens is 144 g/mol. The summed E-state index contributed by atoms with van der Waals surface area (Å²) in [5.74, 6) is 0. The monoisotopic (exact) mass is 155 g/mol. The fourth-order valence-corrected chi connectivity index (χ4v) is 1.33. The van der Waals surface area contributed by atoms with E-state index in [0.29, 0.717) is 0 Å². The highest BCUT2D eigenvalue weighted by molar-refractivity contribution is 7.98. The van der Waals surface area contributed by atoms with Gasteiger partial charge >= 0.3 is 5.16 Å². The number of thioether (sulfide) groups is 1. The van der Waals surface area contributed by atoms with Crippen LogP contribution in [0.1, 0.15) is 5.69 Å². The van der Waals surface area contributed by atoms with Gasteiger partial charge in [0.15, 0.2) is 0 Å². The van der Waals surface area contributed by atoms with E-state index in [1.807, 2.05) is 25.6 Å². The minimum atomic E-state index is 1.06. The maximum Gasteiger partial charge on any atom is 0.358 e. The first-order chi connectivity index (χ1) is 4.75. The lowest BCUT2D eigenvalue weighted by Crippen LogP contribution is -2.35. The van der Waals surface area contributed by atoms with E-state index in [1.54, 1.807) is 11.8 Å². The average Bonchev–Trinajstić information content (AvgIpc) is 1.95. The molecule has 0 atom stereocenters. The van der Waals surface area contributed by atoms with E-state index in [9.17, 15) is 0 Å². The molecule has 1 heterocycles. The van der Waals surface area contributed by atoms with Crippen molar-refractivity contribution in [3.63, 3.8) is 0 Å². The Morgan fingerprint density at radius 2 is 2.30 bits per heavy atom. The molecule has 1 aromatic rings. The number of hydrogen-bond donors (Lipinski definition) is 0. The third-order valence-electron chi connectivity index (χ3n) is 1.50. The van der Waals surface area contributed by atoms with Crippen LogP contribution in [-0.2, 0) is 7.05 Å². The van der Waals surface area contributed by atoms with Crippen LogP contribution in [0.2, 0.25) is 0 Å². The van der Waals surface area contributed by atoms with Crippen LogP contribution in [0.25, 0.3) is 0 Å². The summed E-state index contributed by atoms with van der Waals surface area (Å²) in [6.45, 7) is 2.07. The molecule has 0 saturated carbocycles. The van der Waals surface area contributed by atoms with Gasteiger partial charge in [-0.25, -0.2) is 4.57 Å². The molecule has 0 unspecified atom stereocenters. The van der Waals surface area contributed by atoms with E-state index in [2.05, 4.69) is 16.5 Å². The molecule has 3 heteroatoms. The quantitative estimate of drug-likeness (QED) is 0.341. The van der Waals surface area contributed by atoms with Gasteiger partial charge < -0.3 is 0 Å². The second kappa shape index (κ2) is 3.01. The van der Waals surface area contributed by atoms with Crippen molar-refractivity contribution in [1.29, 1.82) is 0 Å². The molecule has 0 spiro atoms. The van der Waals surface area contributed by atoms with E-state index in [0.717, 1.165) is 5.16 Å². The van der Waals surface area contributed by atoms with Gasteiger partial charge in [-0.3, -0.25) is 0 Å². The Bertz CT molecular complexity index is 235. The number of hydrogen-bond acceptors (Lipinski definition) is 2. The van der Waals surface area contributed by atoms with E-state index in [4.69, 9.17) is 0 Å². The average molecular weight is 155 g/mol. The zero-order valence-electron chi connectivity index (χ0n) is 6.46. The lowest BCUT2D eigenvalue weighted by atomic mass is 10.4. The predicted molar refractivity (Wildman–Crippen MR) is 41.9 cm³/mol. The van der Waals surface area contributed by atoms with E-state index < -0.39 is 0 Å². The third-order valence-corrected chi connectivity index (χ3v) is 2.24. The maximum atomic E-state index is 4.18. The van der Waals surface area contributed by atoms with Crippen molar-refractivity contribution in [2.45, 2.75) is 12.1 Å². The molecule has 0 N–H and O–H groups in total. The molecule has 0 aliphatic carbocycles. The van der Waals surface area contributed by atoms with Crippen molar-refractivity contribution in [2.24, 2.45) is 7.05 Å². The first-order valence-electron chi connectivity index (χ1n) is 3.11. The summed E-state index contributed by atoms with van der Waals surface area (Å²) in [5, 5.41) is 1.06. The summed E-state index contributed by atoms with van der Waals surface area (Å²) < 4.78 is 2.07. The van der Waals surface area contributed by atoms with Crippen molar-refractivity contribution >= 4 is 11.8 Å². The van der Waals surface area contributed by atoms with Gasteiger partial charge in [-0.2, -0.15) is 0 Å². The zero-order valence-corrected chi connectivity index (χ0v) is 7.27.